The summed E-state index contributed by atoms with van der Waals surface area (Å²) in [4.78, 5) is 0. The lowest BCUT2D eigenvalue weighted by Gasteiger charge is -2.13. The van der Waals surface area contributed by atoms with Crippen molar-refractivity contribution in [3.8, 4) is 11.5 Å². The fourth-order valence-electron chi connectivity index (χ4n) is 2.36. The van der Waals surface area contributed by atoms with Crippen LogP contribution in [0.2, 0.25) is 0 Å². The maximum atomic E-state index is 5.92. The Morgan fingerprint density at radius 3 is 2.56 bits per heavy atom. The average Bonchev–Trinajstić information content (AvgIpc) is 3.07. The molecule has 1 fully saturated rings. The lowest BCUT2D eigenvalue weighted by molar-refractivity contribution is 0.351. The van der Waals surface area contributed by atoms with Crippen LogP contribution in [0.4, 0.5) is 0 Å². The first-order valence-electron chi connectivity index (χ1n) is 5.65. The summed E-state index contributed by atoms with van der Waals surface area (Å²) in [6.07, 6.45) is 1.15. The fraction of sp³-hybridized carbons (Fsp3) is 0.538. The highest BCUT2D eigenvalue weighted by Gasteiger charge is 2.42. The van der Waals surface area contributed by atoms with E-state index in [-0.39, 0.29) is 6.04 Å². The van der Waals surface area contributed by atoms with E-state index in [0.29, 0.717) is 11.8 Å². The largest absolute Gasteiger partial charge is 0.493 e. The molecule has 1 aliphatic rings. The van der Waals surface area contributed by atoms with Crippen molar-refractivity contribution in [3.63, 3.8) is 0 Å². The van der Waals surface area contributed by atoms with Crippen molar-refractivity contribution in [2.45, 2.75) is 25.3 Å². The van der Waals surface area contributed by atoms with E-state index in [4.69, 9.17) is 15.2 Å². The molecule has 0 aromatic heterocycles. The van der Waals surface area contributed by atoms with E-state index in [9.17, 15) is 0 Å². The molecule has 0 bridgehead atoms. The van der Waals surface area contributed by atoms with Gasteiger partial charge >= 0.3 is 0 Å². The molecule has 1 aromatic carbocycles. The van der Waals surface area contributed by atoms with Gasteiger partial charge in [-0.3, -0.25) is 0 Å². The van der Waals surface area contributed by atoms with Crippen molar-refractivity contribution in [2.24, 2.45) is 11.7 Å². The maximum absolute atomic E-state index is 5.92. The smallest absolute Gasteiger partial charge is 0.164 e. The van der Waals surface area contributed by atoms with Crippen LogP contribution in [0, 0.1) is 5.92 Å². The summed E-state index contributed by atoms with van der Waals surface area (Å²) in [6, 6.07) is 6.29. The Morgan fingerprint density at radius 1 is 1.31 bits per heavy atom. The van der Waals surface area contributed by atoms with E-state index in [1.807, 2.05) is 12.1 Å². The van der Waals surface area contributed by atoms with Gasteiger partial charge in [-0.2, -0.15) is 0 Å². The molecule has 0 radical (unpaired) electrons. The zero-order valence-corrected chi connectivity index (χ0v) is 10.1. The molecule has 88 valence electrons. The summed E-state index contributed by atoms with van der Waals surface area (Å²) in [5.74, 6) is 2.78. The molecule has 3 atom stereocenters. The molecule has 0 amide bonds. The molecule has 3 heteroatoms. The number of nitrogens with two attached hydrogens (primary N) is 1. The summed E-state index contributed by atoms with van der Waals surface area (Å²) in [5.41, 5.74) is 7.14. The quantitative estimate of drug-likeness (QED) is 0.847. The molecule has 1 saturated carbocycles. The van der Waals surface area contributed by atoms with Crippen molar-refractivity contribution in [2.75, 3.05) is 14.2 Å². The van der Waals surface area contributed by atoms with Gasteiger partial charge in [-0.05, 0) is 31.2 Å². The zero-order valence-electron chi connectivity index (χ0n) is 10.1. The van der Waals surface area contributed by atoms with Crippen molar-refractivity contribution < 1.29 is 9.47 Å². The minimum absolute atomic E-state index is 0.251. The minimum Gasteiger partial charge on any atom is -0.493 e. The van der Waals surface area contributed by atoms with E-state index in [1.54, 1.807) is 14.2 Å². The topological polar surface area (TPSA) is 44.5 Å². The first-order chi connectivity index (χ1) is 7.69. The van der Waals surface area contributed by atoms with E-state index < -0.39 is 0 Å². The number of ether oxygens (including phenoxy) is 2. The second-order valence-corrected chi connectivity index (χ2v) is 4.45. The van der Waals surface area contributed by atoms with Crippen molar-refractivity contribution in [3.05, 3.63) is 23.8 Å². The summed E-state index contributed by atoms with van der Waals surface area (Å²) < 4.78 is 10.7. The van der Waals surface area contributed by atoms with Crippen LogP contribution in [0.5, 0.6) is 11.5 Å². The Bertz CT molecular complexity index is 376. The Labute approximate surface area is 96.5 Å². The SMILES string of the molecule is COc1cccc([C@@H]2C[C@@H]2[C@H](C)N)c1OC. The van der Waals surface area contributed by atoms with Crippen LogP contribution >= 0.6 is 0 Å². The zero-order chi connectivity index (χ0) is 11.7. The van der Waals surface area contributed by atoms with Gasteiger partial charge in [0.15, 0.2) is 11.5 Å². The summed E-state index contributed by atoms with van der Waals surface area (Å²) >= 11 is 0. The van der Waals surface area contributed by atoms with Gasteiger partial charge in [-0.25, -0.2) is 0 Å². The van der Waals surface area contributed by atoms with Crippen LogP contribution in [-0.4, -0.2) is 20.3 Å². The molecule has 2 N–H and O–H groups in total. The first kappa shape index (κ1) is 11.3. The van der Waals surface area contributed by atoms with Crippen LogP contribution in [0.15, 0.2) is 18.2 Å². The molecular weight excluding hydrogens is 202 g/mol. The monoisotopic (exact) mass is 221 g/mol. The predicted molar refractivity (Wildman–Crippen MR) is 64.0 cm³/mol. The van der Waals surface area contributed by atoms with Gasteiger partial charge in [0.1, 0.15) is 0 Å². The molecule has 0 heterocycles. The van der Waals surface area contributed by atoms with Gasteiger partial charge in [0.25, 0.3) is 0 Å². The fourth-order valence-corrected chi connectivity index (χ4v) is 2.36. The van der Waals surface area contributed by atoms with Gasteiger partial charge in [0.05, 0.1) is 14.2 Å². The standard InChI is InChI=1S/C13H19NO2/c1-8(14)10-7-11(10)9-5-4-6-12(15-2)13(9)16-3/h4-6,8,10-11H,7,14H2,1-3H3/t8-,10+,11-/m0/s1. The third kappa shape index (κ3) is 1.87. The maximum Gasteiger partial charge on any atom is 0.164 e. The highest BCUT2D eigenvalue weighted by atomic mass is 16.5. The van der Waals surface area contributed by atoms with Crippen molar-refractivity contribution in [1.29, 1.82) is 0 Å². The normalized spacial score (nSPS) is 25.0. The van der Waals surface area contributed by atoms with Gasteiger partial charge in [-0.1, -0.05) is 12.1 Å². The van der Waals surface area contributed by atoms with E-state index in [2.05, 4.69) is 13.0 Å². The second-order valence-electron chi connectivity index (χ2n) is 4.45. The average molecular weight is 221 g/mol. The highest BCUT2D eigenvalue weighted by Crippen LogP contribution is 2.53. The Hall–Kier alpha value is -1.22. The van der Waals surface area contributed by atoms with Crippen LogP contribution < -0.4 is 15.2 Å². The van der Waals surface area contributed by atoms with Crippen LogP contribution in [0.3, 0.4) is 0 Å². The second kappa shape index (κ2) is 4.34. The molecule has 0 aliphatic heterocycles. The lowest BCUT2D eigenvalue weighted by atomic mass is 10.0. The highest BCUT2D eigenvalue weighted by molar-refractivity contribution is 5.50. The molecule has 16 heavy (non-hydrogen) atoms. The molecule has 1 aliphatic carbocycles. The van der Waals surface area contributed by atoms with Gasteiger partial charge in [0.2, 0.25) is 0 Å². The molecule has 0 unspecified atom stereocenters. The molecule has 1 aromatic rings. The Balaban J connectivity index is 2.28. The van der Waals surface area contributed by atoms with Crippen LogP contribution in [0.25, 0.3) is 0 Å². The van der Waals surface area contributed by atoms with E-state index in [1.165, 1.54) is 5.56 Å². The number of benzene rings is 1. The Kier molecular flexibility index (Phi) is 3.06. The molecule has 3 nitrogen and oxygen atoms in total. The summed E-state index contributed by atoms with van der Waals surface area (Å²) in [7, 11) is 3.35. The molecular formula is C13H19NO2. The predicted octanol–water partition coefficient (Wildman–Crippen LogP) is 2.15. The third-order valence-electron chi connectivity index (χ3n) is 3.35. The number of hydrogen-bond acceptors (Lipinski definition) is 3. The Morgan fingerprint density at radius 2 is 2.06 bits per heavy atom. The summed E-state index contributed by atoms with van der Waals surface area (Å²) in [5, 5.41) is 0. The van der Waals surface area contributed by atoms with Crippen LogP contribution in [-0.2, 0) is 0 Å². The van der Waals surface area contributed by atoms with Crippen LogP contribution in [0.1, 0.15) is 24.8 Å². The molecule has 0 spiro atoms. The van der Waals surface area contributed by atoms with Crippen molar-refractivity contribution >= 4 is 0 Å². The molecule has 0 saturated heterocycles. The number of hydrogen-bond donors (Lipinski definition) is 1. The van der Waals surface area contributed by atoms with Gasteiger partial charge in [0, 0.05) is 11.6 Å². The minimum atomic E-state index is 0.251. The summed E-state index contributed by atoms with van der Waals surface area (Å²) in [6.45, 7) is 2.07. The third-order valence-corrected chi connectivity index (χ3v) is 3.35. The molecule has 2 rings (SSSR count). The van der Waals surface area contributed by atoms with E-state index in [0.717, 1.165) is 17.9 Å². The first-order valence-corrected chi connectivity index (χ1v) is 5.65. The van der Waals surface area contributed by atoms with Crippen molar-refractivity contribution in [1.82, 2.24) is 0 Å². The number of para-hydroxylation sites is 1. The number of methoxy groups -OCH3 is 2. The lowest BCUT2D eigenvalue weighted by Crippen LogP contribution is -2.18. The van der Waals surface area contributed by atoms with Gasteiger partial charge in [-0.15, -0.1) is 0 Å². The van der Waals surface area contributed by atoms with E-state index >= 15 is 0 Å². The number of rotatable bonds is 4. The van der Waals surface area contributed by atoms with Gasteiger partial charge < -0.3 is 15.2 Å².